The molecule has 0 saturated heterocycles. The van der Waals surface area contributed by atoms with E-state index >= 15 is 0 Å². The van der Waals surface area contributed by atoms with Gasteiger partial charge in [0.05, 0.1) is 12.0 Å². The number of benzene rings is 1. The fraction of sp³-hybridized carbons (Fsp3) is 0.462. The van der Waals surface area contributed by atoms with Crippen molar-refractivity contribution < 1.29 is 35.7 Å². The molecule has 0 aromatic heterocycles. The van der Waals surface area contributed by atoms with Crippen molar-refractivity contribution in [1.29, 1.82) is 0 Å². The molecule has 23 heavy (non-hydrogen) atoms. The van der Waals surface area contributed by atoms with Gasteiger partial charge in [0.15, 0.2) is 0 Å². The number of fused-ring (bicyclic) bond motifs is 1. The lowest BCUT2D eigenvalue weighted by Crippen LogP contribution is -2.45. The van der Waals surface area contributed by atoms with Crippen LogP contribution in [0.5, 0.6) is 5.75 Å². The number of hydrogen-bond acceptors (Lipinski definition) is 4. The van der Waals surface area contributed by atoms with E-state index in [-0.39, 0.29) is 24.2 Å². The third-order valence-corrected chi connectivity index (χ3v) is 4.57. The Morgan fingerprint density at radius 3 is 2.52 bits per heavy atom. The molecule has 2 N–H and O–H groups in total. The van der Waals surface area contributed by atoms with Crippen molar-refractivity contribution in [3.8, 4) is 5.75 Å². The number of alkyl halides is 3. The van der Waals surface area contributed by atoms with Crippen LogP contribution in [0.1, 0.15) is 17.5 Å². The van der Waals surface area contributed by atoms with Gasteiger partial charge in [-0.2, -0.15) is 21.6 Å². The first kappa shape index (κ1) is 17.5. The molecule has 1 aromatic rings. The van der Waals surface area contributed by atoms with Gasteiger partial charge in [-0.3, -0.25) is 9.35 Å². The zero-order valence-electron chi connectivity index (χ0n) is 12.0. The van der Waals surface area contributed by atoms with Gasteiger partial charge in [0, 0.05) is 11.6 Å². The van der Waals surface area contributed by atoms with Crippen molar-refractivity contribution in [3.05, 3.63) is 23.3 Å². The summed E-state index contributed by atoms with van der Waals surface area (Å²) in [5.74, 6) is -1.76. The molecule has 1 aromatic carbocycles. The summed E-state index contributed by atoms with van der Waals surface area (Å²) >= 11 is 0. The largest absolute Gasteiger partial charge is 0.496 e. The van der Waals surface area contributed by atoms with Gasteiger partial charge >= 0.3 is 12.1 Å². The highest BCUT2D eigenvalue weighted by atomic mass is 32.2. The van der Waals surface area contributed by atoms with E-state index in [2.05, 4.69) is 0 Å². The molecular weight excluding hydrogens is 339 g/mol. The second kappa shape index (κ2) is 6.00. The number of halogens is 3. The molecule has 0 fully saturated rings. The number of ether oxygens (including phenoxy) is 1. The predicted octanol–water partition coefficient (Wildman–Crippen LogP) is 1.48. The van der Waals surface area contributed by atoms with Gasteiger partial charge in [0.2, 0.25) is 0 Å². The van der Waals surface area contributed by atoms with Crippen molar-refractivity contribution in [1.82, 2.24) is 5.32 Å². The lowest BCUT2D eigenvalue weighted by molar-refractivity contribution is -0.174. The Kier molecular flexibility index (Phi) is 4.58. The molecule has 1 unspecified atom stereocenters. The number of nitrogens with one attached hydrogen (secondary N) is 1. The molecule has 1 aliphatic carbocycles. The molecule has 0 heterocycles. The number of rotatable bonds is 3. The number of amides is 1. The van der Waals surface area contributed by atoms with Crippen molar-refractivity contribution in [2.24, 2.45) is 0 Å². The number of methoxy groups -OCH3 is 1. The summed E-state index contributed by atoms with van der Waals surface area (Å²) in [6.07, 6.45) is -4.81. The van der Waals surface area contributed by atoms with Gasteiger partial charge < -0.3 is 10.1 Å². The fourth-order valence-corrected chi connectivity index (χ4v) is 3.41. The molecule has 6 nitrogen and oxygen atoms in total. The van der Waals surface area contributed by atoms with E-state index in [1.54, 1.807) is 0 Å². The summed E-state index contributed by atoms with van der Waals surface area (Å²) in [5, 5.41) is 1.88. The average Bonchev–Trinajstić information content (AvgIpc) is 2.43. The van der Waals surface area contributed by atoms with Crippen LogP contribution in [0.25, 0.3) is 0 Å². The van der Waals surface area contributed by atoms with E-state index in [1.807, 2.05) is 5.32 Å². The quantitative estimate of drug-likeness (QED) is 0.803. The van der Waals surface area contributed by atoms with Crippen LogP contribution in [0.15, 0.2) is 17.0 Å². The van der Waals surface area contributed by atoms with Gasteiger partial charge in [-0.15, -0.1) is 0 Å². The van der Waals surface area contributed by atoms with E-state index in [0.29, 0.717) is 16.9 Å². The molecule has 0 saturated carbocycles. The van der Waals surface area contributed by atoms with Crippen LogP contribution in [-0.2, 0) is 27.8 Å². The van der Waals surface area contributed by atoms with Gasteiger partial charge in [-0.1, -0.05) is 0 Å². The number of carbonyl (C=O) groups excluding carboxylic acids is 1. The lowest BCUT2D eigenvalue weighted by Gasteiger charge is -2.28. The molecule has 0 aliphatic heterocycles. The zero-order valence-corrected chi connectivity index (χ0v) is 12.8. The highest BCUT2D eigenvalue weighted by Crippen LogP contribution is 2.34. The van der Waals surface area contributed by atoms with Crippen molar-refractivity contribution in [3.63, 3.8) is 0 Å². The van der Waals surface area contributed by atoms with Crippen LogP contribution in [-0.4, -0.2) is 38.2 Å². The Balaban J connectivity index is 2.35. The second-order valence-corrected chi connectivity index (χ2v) is 6.50. The van der Waals surface area contributed by atoms with Gasteiger partial charge in [0.1, 0.15) is 5.75 Å². The SMILES string of the molecule is COc1ccc(S(=O)(=O)O)c2c1CC(NC(=O)C(F)(F)F)CC2. The molecule has 10 heteroatoms. The summed E-state index contributed by atoms with van der Waals surface area (Å²) in [6.45, 7) is 0. The van der Waals surface area contributed by atoms with Crippen LogP contribution < -0.4 is 10.1 Å². The normalized spacial score (nSPS) is 18.2. The first-order chi connectivity index (χ1) is 10.5. The van der Waals surface area contributed by atoms with E-state index in [0.717, 1.165) is 0 Å². The minimum Gasteiger partial charge on any atom is -0.496 e. The Morgan fingerprint density at radius 2 is 2.00 bits per heavy atom. The molecule has 1 amide bonds. The van der Waals surface area contributed by atoms with Gasteiger partial charge in [-0.05, 0) is 37.0 Å². The highest BCUT2D eigenvalue weighted by Gasteiger charge is 2.40. The van der Waals surface area contributed by atoms with E-state index in [4.69, 9.17) is 4.74 Å². The number of hydrogen-bond donors (Lipinski definition) is 2. The second-order valence-electron chi connectivity index (χ2n) is 5.11. The predicted molar refractivity (Wildman–Crippen MR) is 72.8 cm³/mol. The lowest BCUT2D eigenvalue weighted by atomic mass is 9.87. The maximum atomic E-state index is 12.3. The summed E-state index contributed by atoms with van der Waals surface area (Å²) in [6, 6.07) is 1.69. The zero-order chi connectivity index (χ0) is 17.4. The molecule has 1 atom stereocenters. The molecule has 0 spiro atoms. The van der Waals surface area contributed by atoms with Crippen LogP contribution in [0, 0.1) is 0 Å². The van der Waals surface area contributed by atoms with Gasteiger partial charge in [0.25, 0.3) is 10.1 Å². The number of carbonyl (C=O) groups is 1. The van der Waals surface area contributed by atoms with Crippen molar-refractivity contribution in [2.45, 2.75) is 36.4 Å². The maximum absolute atomic E-state index is 12.3. The topological polar surface area (TPSA) is 92.7 Å². The van der Waals surface area contributed by atoms with Crippen molar-refractivity contribution in [2.75, 3.05) is 7.11 Å². The smallest absolute Gasteiger partial charge is 0.471 e. The standard InChI is InChI=1S/C13H14F3NO5S/c1-22-10-4-5-11(23(19,20)21)8-3-2-7(6-9(8)10)17-12(18)13(14,15)16/h4-5,7H,2-3,6H2,1H3,(H,17,18)(H,19,20,21). The fourth-order valence-electron chi connectivity index (χ4n) is 2.64. The molecular formula is C13H14F3NO5S. The monoisotopic (exact) mass is 353 g/mol. The summed E-state index contributed by atoms with van der Waals surface area (Å²) in [7, 11) is -3.12. The third kappa shape index (κ3) is 3.75. The van der Waals surface area contributed by atoms with Crippen LogP contribution in [0.2, 0.25) is 0 Å². The van der Waals surface area contributed by atoms with Crippen LogP contribution >= 0.6 is 0 Å². The molecule has 0 radical (unpaired) electrons. The van der Waals surface area contributed by atoms with Crippen molar-refractivity contribution >= 4 is 16.0 Å². The minimum absolute atomic E-state index is 0.0241. The Labute approximate surface area is 130 Å². The Morgan fingerprint density at radius 1 is 1.35 bits per heavy atom. The van der Waals surface area contributed by atoms with E-state index in [1.165, 1.54) is 19.2 Å². The Bertz CT molecular complexity index is 730. The third-order valence-electron chi connectivity index (χ3n) is 3.63. The highest BCUT2D eigenvalue weighted by molar-refractivity contribution is 7.85. The van der Waals surface area contributed by atoms with Crippen LogP contribution in [0.3, 0.4) is 0 Å². The van der Waals surface area contributed by atoms with E-state index < -0.39 is 28.2 Å². The first-order valence-corrected chi connectivity index (χ1v) is 8.02. The maximum Gasteiger partial charge on any atom is 0.471 e. The summed E-state index contributed by atoms with van der Waals surface area (Å²) < 4.78 is 74.1. The first-order valence-electron chi connectivity index (χ1n) is 6.58. The molecule has 0 bridgehead atoms. The minimum atomic E-state index is -4.99. The summed E-state index contributed by atoms with van der Waals surface area (Å²) in [4.78, 5) is 10.7. The molecule has 1 aliphatic rings. The molecule has 2 rings (SSSR count). The molecule has 128 valence electrons. The van der Waals surface area contributed by atoms with E-state index in [9.17, 15) is 30.9 Å². The van der Waals surface area contributed by atoms with Crippen LogP contribution in [0.4, 0.5) is 13.2 Å². The summed E-state index contributed by atoms with van der Waals surface area (Å²) in [5.41, 5.74) is 0.658. The van der Waals surface area contributed by atoms with Gasteiger partial charge in [-0.25, -0.2) is 0 Å². The Hall–Kier alpha value is -1.81. The average molecular weight is 353 g/mol.